The summed E-state index contributed by atoms with van der Waals surface area (Å²) in [5.74, 6) is -0.898. The van der Waals surface area contributed by atoms with E-state index in [-0.39, 0.29) is 34.9 Å². The second kappa shape index (κ2) is 10.2. The van der Waals surface area contributed by atoms with Crippen LogP contribution in [-0.4, -0.2) is 22.5 Å². The fraction of sp³-hybridized carbons (Fsp3) is 0.452. The number of nitrogens with zero attached hydrogens (tertiary/aromatic N) is 1. The molecule has 0 spiro atoms. The van der Waals surface area contributed by atoms with E-state index in [1.807, 2.05) is 30.3 Å². The Morgan fingerprint density at radius 1 is 0.923 bits per heavy atom. The zero-order valence-corrected chi connectivity index (χ0v) is 21.8. The SMILES string of the molecule is O=C(CC1(NC(=O)c2cc(-c3ccc(F)cc3F)on2)CC(C2CCCCC2)C1)NC1(c2ccccc2)CC1. The number of aromatic nitrogens is 1. The molecule has 6 nitrogen and oxygen atoms in total. The average Bonchev–Trinajstić information content (AvgIpc) is 3.52. The van der Waals surface area contributed by atoms with Crippen LogP contribution in [0.5, 0.6) is 0 Å². The van der Waals surface area contributed by atoms with E-state index in [4.69, 9.17) is 4.52 Å². The minimum absolute atomic E-state index is 0.00225. The molecule has 6 rings (SSSR count). The number of hydrogen-bond acceptors (Lipinski definition) is 4. The van der Waals surface area contributed by atoms with Crippen molar-refractivity contribution < 1.29 is 22.9 Å². The summed E-state index contributed by atoms with van der Waals surface area (Å²) < 4.78 is 32.8. The van der Waals surface area contributed by atoms with Crippen LogP contribution in [0.3, 0.4) is 0 Å². The van der Waals surface area contributed by atoms with Crippen molar-refractivity contribution in [3.05, 3.63) is 77.5 Å². The highest BCUT2D eigenvalue weighted by Crippen LogP contribution is 2.50. The van der Waals surface area contributed by atoms with E-state index in [0.29, 0.717) is 11.8 Å². The largest absolute Gasteiger partial charge is 0.355 e. The van der Waals surface area contributed by atoms with Crippen molar-refractivity contribution in [2.24, 2.45) is 11.8 Å². The van der Waals surface area contributed by atoms with Gasteiger partial charge in [-0.25, -0.2) is 8.78 Å². The first-order valence-electron chi connectivity index (χ1n) is 14.0. The Bertz CT molecular complexity index is 1360. The molecule has 1 aromatic heterocycles. The lowest BCUT2D eigenvalue weighted by atomic mass is 9.59. The number of benzene rings is 2. The maximum atomic E-state index is 14.2. The molecule has 3 aromatic rings. The van der Waals surface area contributed by atoms with E-state index in [2.05, 4.69) is 15.8 Å². The standard InChI is InChI=1S/C31H33F2N3O3/c32-23-11-12-24(25(33)15-23)27-16-26(36-39-27)29(38)35-30(17-21(18-30)20-7-3-1-4-8-20)19-28(37)34-31(13-14-31)22-9-5-2-6-10-22/h2,5-6,9-12,15-16,20-21H,1,3-4,7-8,13-14,17-19H2,(H,34,37)(H,35,38). The van der Waals surface area contributed by atoms with E-state index >= 15 is 0 Å². The zero-order valence-electron chi connectivity index (χ0n) is 21.8. The molecule has 0 radical (unpaired) electrons. The smallest absolute Gasteiger partial charge is 0.273 e. The van der Waals surface area contributed by atoms with Gasteiger partial charge in [-0.1, -0.05) is 67.6 Å². The van der Waals surface area contributed by atoms with Crippen molar-refractivity contribution >= 4 is 11.8 Å². The van der Waals surface area contributed by atoms with E-state index in [1.54, 1.807) is 0 Å². The molecule has 0 aliphatic heterocycles. The number of halogens is 2. The topological polar surface area (TPSA) is 84.2 Å². The summed E-state index contributed by atoms with van der Waals surface area (Å²) in [6.07, 6.45) is 9.63. The third kappa shape index (κ3) is 5.34. The molecule has 204 valence electrons. The van der Waals surface area contributed by atoms with Gasteiger partial charge in [-0.05, 0) is 55.2 Å². The molecular formula is C31H33F2N3O3. The van der Waals surface area contributed by atoms with Gasteiger partial charge in [-0.15, -0.1) is 0 Å². The number of rotatable bonds is 8. The highest BCUT2D eigenvalue weighted by atomic mass is 19.1. The fourth-order valence-electron chi connectivity index (χ4n) is 6.66. The van der Waals surface area contributed by atoms with Gasteiger partial charge in [0.15, 0.2) is 11.5 Å². The molecular weight excluding hydrogens is 500 g/mol. The van der Waals surface area contributed by atoms with Crippen LogP contribution in [0, 0.1) is 23.5 Å². The molecule has 3 aliphatic carbocycles. The summed E-state index contributed by atoms with van der Waals surface area (Å²) in [6, 6.07) is 14.5. The molecule has 0 saturated heterocycles. The first kappa shape index (κ1) is 25.7. The zero-order chi connectivity index (χ0) is 27.0. The Kier molecular flexibility index (Phi) is 6.73. The predicted molar refractivity (Wildman–Crippen MR) is 141 cm³/mol. The molecule has 0 atom stereocenters. The maximum Gasteiger partial charge on any atom is 0.273 e. The molecule has 3 saturated carbocycles. The Morgan fingerprint density at radius 2 is 1.67 bits per heavy atom. The van der Waals surface area contributed by atoms with Gasteiger partial charge < -0.3 is 15.2 Å². The second-order valence-electron chi connectivity index (χ2n) is 11.7. The van der Waals surface area contributed by atoms with Gasteiger partial charge >= 0.3 is 0 Å². The van der Waals surface area contributed by atoms with Crippen LogP contribution in [0.2, 0.25) is 0 Å². The number of amides is 2. The molecule has 8 heteroatoms. The van der Waals surface area contributed by atoms with Crippen LogP contribution in [0.25, 0.3) is 11.3 Å². The van der Waals surface area contributed by atoms with Crippen molar-refractivity contribution in [3.63, 3.8) is 0 Å². The third-order valence-electron chi connectivity index (χ3n) is 8.89. The minimum Gasteiger partial charge on any atom is -0.355 e. The molecule has 2 N–H and O–H groups in total. The quantitative estimate of drug-likeness (QED) is 0.357. The highest BCUT2D eigenvalue weighted by Gasteiger charge is 2.51. The van der Waals surface area contributed by atoms with Gasteiger partial charge in [0.05, 0.1) is 11.1 Å². The van der Waals surface area contributed by atoms with Gasteiger partial charge in [0.25, 0.3) is 5.91 Å². The van der Waals surface area contributed by atoms with Gasteiger partial charge in [0.1, 0.15) is 11.6 Å². The number of hydrogen-bond donors (Lipinski definition) is 2. The number of nitrogens with one attached hydrogen (secondary N) is 2. The lowest BCUT2D eigenvalue weighted by Gasteiger charge is -2.51. The molecule has 0 unspecified atom stereocenters. The van der Waals surface area contributed by atoms with Crippen molar-refractivity contribution in [2.45, 2.75) is 75.3 Å². The van der Waals surface area contributed by atoms with Crippen LogP contribution in [0.1, 0.15) is 80.3 Å². The van der Waals surface area contributed by atoms with Crippen LogP contribution in [-0.2, 0) is 10.3 Å². The van der Waals surface area contributed by atoms with Crippen LogP contribution < -0.4 is 10.6 Å². The Morgan fingerprint density at radius 3 is 2.36 bits per heavy atom. The molecule has 3 fully saturated rings. The summed E-state index contributed by atoms with van der Waals surface area (Å²) in [6.45, 7) is 0. The molecule has 3 aliphatic rings. The first-order chi connectivity index (χ1) is 18.8. The van der Waals surface area contributed by atoms with Crippen molar-refractivity contribution in [3.8, 4) is 11.3 Å². The van der Waals surface area contributed by atoms with E-state index in [1.165, 1.54) is 44.2 Å². The van der Waals surface area contributed by atoms with Crippen LogP contribution in [0.15, 0.2) is 59.1 Å². The Hall–Kier alpha value is -3.55. The molecule has 2 aromatic carbocycles. The van der Waals surface area contributed by atoms with Crippen molar-refractivity contribution in [2.75, 3.05) is 0 Å². The molecule has 39 heavy (non-hydrogen) atoms. The Labute approximate surface area is 226 Å². The highest BCUT2D eigenvalue weighted by molar-refractivity contribution is 5.94. The van der Waals surface area contributed by atoms with E-state index < -0.39 is 23.1 Å². The average molecular weight is 534 g/mol. The van der Waals surface area contributed by atoms with Crippen molar-refractivity contribution in [1.29, 1.82) is 0 Å². The van der Waals surface area contributed by atoms with Crippen LogP contribution >= 0.6 is 0 Å². The molecule has 2 amide bonds. The summed E-state index contributed by atoms with van der Waals surface area (Å²) in [5.41, 5.74) is 0.131. The maximum absolute atomic E-state index is 14.2. The van der Waals surface area contributed by atoms with Gasteiger partial charge in [0, 0.05) is 24.1 Å². The van der Waals surface area contributed by atoms with Crippen molar-refractivity contribution in [1.82, 2.24) is 15.8 Å². The number of carbonyl (C=O) groups is 2. The Balaban J connectivity index is 1.17. The lowest BCUT2D eigenvalue weighted by Crippen LogP contribution is -2.61. The summed E-state index contributed by atoms with van der Waals surface area (Å²) >= 11 is 0. The lowest BCUT2D eigenvalue weighted by molar-refractivity contribution is -0.125. The minimum atomic E-state index is -0.798. The predicted octanol–water partition coefficient (Wildman–Crippen LogP) is 6.27. The van der Waals surface area contributed by atoms with Crippen LogP contribution in [0.4, 0.5) is 8.78 Å². The van der Waals surface area contributed by atoms with E-state index in [9.17, 15) is 18.4 Å². The summed E-state index contributed by atoms with van der Waals surface area (Å²) in [7, 11) is 0. The second-order valence-corrected chi connectivity index (χ2v) is 11.7. The summed E-state index contributed by atoms with van der Waals surface area (Å²) in [5, 5.41) is 10.2. The van der Waals surface area contributed by atoms with E-state index in [0.717, 1.165) is 43.4 Å². The van der Waals surface area contributed by atoms with Gasteiger partial charge in [-0.3, -0.25) is 9.59 Å². The molecule has 0 bridgehead atoms. The monoisotopic (exact) mass is 533 g/mol. The fourth-order valence-corrected chi connectivity index (χ4v) is 6.66. The van der Waals surface area contributed by atoms with Gasteiger partial charge in [-0.2, -0.15) is 0 Å². The third-order valence-corrected chi connectivity index (χ3v) is 8.89. The molecule has 1 heterocycles. The van der Waals surface area contributed by atoms with Gasteiger partial charge in [0.2, 0.25) is 5.91 Å². The number of carbonyl (C=O) groups excluding carboxylic acids is 2. The summed E-state index contributed by atoms with van der Waals surface area (Å²) in [4.78, 5) is 26.7. The first-order valence-corrected chi connectivity index (χ1v) is 14.0. The normalized spacial score (nSPS) is 24.0.